The van der Waals surface area contributed by atoms with Crippen LogP contribution in [-0.2, 0) is 23.8 Å². The monoisotopic (exact) mass is 444 g/mol. The lowest BCUT2D eigenvalue weighted by atomic mass is 9.98. The number of aromatic nitrogens is 2. The molecule has 1 aromatic carbocycles. The molecule has 168 valence electrons. The standard InChI is InChI=1S/C22H21FN2O7/c1-3-17(27)30-13-15-19(32-18(28)10-9-14-7-5-4-6-8-14)22(2,23)20(31-15)25-12-11-16(26)24-21(25)29/h3-12,15,19-20H,1,13H2,2H3,(H,24,26,29)/b10-9+/t15-,19?,20-,22?/m1/s1. The van der Waals surface area contributed by atoms with Crippen LogP contribution in [0.5, 0.6) is 0 Å². The molecular weight excluding hydrogens is 423 g/mol. The van der Waals surface area contributed by atoms with Crippen LogP contribution in [0.1, 0.15) is 18.7 Å². The predicted octanol–water partition coefficient (Wildman–Crippen LogP) is 1.52. The average molecular weight is 444 g/mol. The Bertz CT molecular complexity index is 1140. The molecule has 2 heterocycles. The highest BCUT2D eigenvalue weighted by atomic mass is 19.1. The number of rotatable bonds is 7. The van der Waals surface area contributed by atoms with E-state index in [0.717, 1.165) is 41.5 Å². The lowest BCUT2D eigenvalue weighted by Gasteiger charge is -2.27. The fourth-order valence-electron chi connectivity index (χ4n) is 3.26. The maximum Gasteiger partial charge on any atom is 0.331 e. The molecule has 1 fully saturated rings. The van der Waals surface area contributed by atoms with Crippen LogP contribution in [0.3, 0.4) is 0 Å². The van der Waals surface area contributed by atoms with Gasteiger partial charge < -0.3 is 14.2 Å². The van der Waals surface area contributed by atoms with Crippen molar-refractivity contribution in [3.63, 3.8) is 0 Å². The molecule has 1 saturated heterocycles. The smallest absolute Gasteiger partial charge is 0.331 e. The molecule has 0 aliphatic carbocycles. The zero-order valence-electron chi connectivity index (χ0n) is 17.1. The van der Waals surface area contributed by atoms with Crippen molar-refractivity contribution in [2.45, 2.75) is 31.0 Å². The van der Waals surface area contributed by atoms with Crippen LogP contribution < -0.4 is 11.2 Å². The first-order valence-corrected chi connectivity index (χ1v) is 9.61. The van der Waals surface area contributed by atoms with Crippen molar-refractivity contribution in [3.05, 3.63) is 87.7 Å². The third-order valence-corrected chi connectivity index (χ3v) is 4.80. The van der Waals surface area contributed by atoms with Gasteiger partial charge in [-0.3, -0.25) is 14.3 Å². The van der Waals surface area contributed by atoms with Gasteiger partial charge in [0.05, 0.1) is 0 Å². The fraction of sp³-hybridized carbons (Fsp3) is 0.273. The number of alkyl halides is 1. The van der Waals surface area contributed by atoms with Crippen LogP contribution in [0.2, 0.25) is 0 Å². The zero-order valence-corrected chi connectivity index (χ0v) is 17.1. The molecular formula is C22H21FN2O7. The summed E-state index contributed by atoms with van der Waals surface area (Å²) >= 11 is 0. The second-order valence-electron chi connectivity index (χ2n) is 7.13. The largest absolute Gasteiger partial charge is 0.460 e. The summed E-state index contributed by atoms with van der Waals surface area (Å²) in [5.74, 6) is -1.64. The third kappa shape index (κ3) is 5.09. The summed E-state index contributed by atoms with van der Waals surface area (Å²) in [6.07, 6.45) is 0.272. The van der Waals surface area contributed by atoms with Gasteiger partial charge in [-0.25, -0.2) is 18.8 Å². The molecule has 3 rings (SSSR count). The fourth-order valence-corrected chi connectivity index (χ4v) is 3.26. The van der Waals surface area contributed by atoms with E-state index in [1.54, 1.807) is 24.3 Å². The van der Waals surface area contributed by atoms with E-state index in [2.05, 4.69) is 6.58 Å². The number of halogens is 1. The molecule has 32 heavy (non-hydrogen) atoms. The minimum absolute atomic E-state index is 0.459. The number of ether oxygens (including phenoxy) is 3. The van der Waals surface area contributed by atoms with E-state index in [4.69, 9.17) is 14.2 Å². The maximum absolute atomic E-state index is 15.8. The van der Waals surface area contributed by atoms with Crippen LogP contribution >= 0.6 is 0 Å². The van der Waals surface area contributed by atoms with Gasteiger partial charge in [0.25, 0.3) is 5.56 Å². The molecule has 2 unspecified atom stereocenters. The topological polar surface area (TPSA) is 117 Å². The molecule has 9 nitrogen and oxygen atoms in total. The molecule has 1 N–H and O–H groups in total. The summed E-state index contributed by atoms with van der Waals surface area (Å²) in [6, 6.07) is 9.93. The Morgan fingerprint density at radius 1 is 1.25 bits per heavy atom. The molecule has 0 saturated carbocycles. The van der Waals surface area contributed by atoms with Gasteiger partial charge in [-0.2, -0.15) is 0 Å². The highest BCUT2D eigenvalue weighted by Crippen LogP contribution is 2.42. The van der Waals surface area contributed by atoms with Gasteiger partial charge in [0.15, 0.2) is 18.0 Å². The maximum atomic E-state index is 15.8. The van der Waals surface area contributed by atoms with Crippen LogP contribution in [0, 0.1) is 0 Å². The number of hydrogen-bond donors (Lipinski definition) is 1. The van der Waals surface area contributed by atoms with E-state index in [1.807, 2.05) is 11.1 Å². The van der Waals surface area contributed by atoms with Crippen molar-refractivity contribution in [2.75, 3.05) is 6.61 Å². The highest BCUT2D eigenvalue weighted by Gasteiger charge is 2.58. The molecule has 10 heteroatoms. The molecule has 0 radical (unpaired) electrons. The van der Waals surface area contributed by atoms with Crippen molar-refractivity contribution < 1.29 is 28.2 Å². The number of nitrogens with zero attached hydrogens (tertiary/aromatic N) is 1. The van der Waals surface area contributed by atoms with Crippen molar-refractivity contribution in [1.29, 1.82) is 0 Å². The van der Waals surface area contributed by atoms with Crippen molar-refractivity contribution >= 4 is 18.0 Å². The van der Waals surface area contributed by atoms with Crippen molar-refractivity contribution in [3.8, 4) is 0 Å². The summed E-state index contributed by atoms with van der Waals surface area (Å²) in [7, 11) is 0. The molecule has 0 bridgehead atoms. The van der Waals surface area contributed by atoms with Gasteiger partial charge in [-0.15, -0.1) is 0 Å². The van der Waals surface area contributed by atoms with Crippen LogP contribution in [-0.4, -0.2) is 46.0 Å². The Balaban J connectivity index is 1.86. The van der Waals surface area contributed by atoms with Crippen molar-refractivity contribution in [2.24, 2.45) is 0 Å². The van der Waals surface area contributed by atoms with E-state index < -0.39 is 53.9 Å². The zero-order chi connectivity index (χ0) is 23.3. The first-order valence-electron chi connectivity index (χ1n) is 9.61. The average Bonchev–Trinajstić information content (AvgIpc) is 3.01. The number of aromatic amines is 1. The van der Waals surface area contributed by atoms with E-state index in [1.165, 1.54) is 6.08 Å². The lowest BCUT2D eigenvalue weighted by Crippen LogP contribution is -2.46. The first kappa shape index (κ1) is 22.9. The summed E-state index contributed by atoms with van der Waals surface area (Å²) < 4.78 is 32.5. The number of hydrogen-bond acceptors (Lipinski definition) is 7. The number of benzene rings is 1. The number of esters is 2. The van der Waals surface area contributed by atoms with Gasteiger partial charge in [0.1, 0.15) is 12.7 Å². The van der Waals surface area contributed by atoms with E-state index in [-0.39, 0.29) is 0 Å². The van der Waals surface area contributed by atoms with E-state index in [0.29, 0.717) is 0 Å². The number of nitrogens with one attached hydrogen (secondary N) is 1. The lowest BCUT2D eigenvalue weighted by molar-refractivity contribution is -0.155. The summed E-state index contributed by atoms with van der Waals surface area (Å²) in [4.78, 5) is 49.4. The molecule has 0 spiro atoms. The number of H-pyrrole nitrogens is 1. The van der Waals surface area contributed by atoms with Gasteiger partial charge in [-0.1, -0.05) is 36.9 Å². The van der Waals surface area contributed by atoms with Crippen molar-refractivity contribution in [1.82, 2.24) is 9.55 Å². The molecule has 1 aromatic heterocycles. The van der Waals surface area contributed by atoms with Gasteiger partial charge in [0, 0.05) is 24.4 Å². The Labute approximate surface area is 181 Å². The normalized spacial score (nSPS) is 24.9. The second-order valence-corrected chi connectivity index (χ2v) is 7.13. The summed E-state index contributed by atoms with van der Waals surface area (Å²) in [5.41, 5.74) is -3.27. The highest BCUT2D eigenvalue weighted by molar-refractivity contribution is 5.87. The Morgan fingerprint density at radius 3 is 2.62 bits per heavy atom. The van der Waals surface area contributed by atoms with Crippen LogP contribution in [0.15, 0.2) is 70.9 Å². The molecule has 1 aliphatic heterocycles. The minimum atomic E-state index is -2.41. The first-order chi connectivity index (χ1) is 15.2. The second kappa shape index (κ2) is 9.56. The van der Waals surface area contributed by atoms with Crippen LogP contribution in [0.25, 0.3) is 6.08 Å². The molecule has 2 aromatic rings. The quantitative estimate of drug-likeness (QED) is 0.508. The Kier molecular flexibility index (Phi) is 6.84. The minimum Gasteiger partial charge on any atom is -0.460 e. The van der Waals surface area contributed by atoms with E-state index >= 15 is 4.39 Å². The van der Waals surface area contributed by atoms with Gasteiger partial charge >= 0.3 is 17.6 Å². The SMILES string of the molecule is C=CC(=O)OC[C@H]1O[C@@H](n2ccc(=O)[nH]c2=O)C(C)(F)C1OC(=O)/C=C/c1ccccc1. The summed E-state index contributed by atoms with van der Waals surface area (Å²) in [6.45, 7) is 3.90. The predicted molar refractivity (Wildman–Crippen MR) is 111 cm³/mol. The number of carbonyl (C=O) groups is 2. The van der Waals surface area contributed by atoms with Gasteiger partial charge in [0.2, 0.25) is 0 Å². The Morgan fingerprint density at radius 2 is 1.97 bits per heavy atom. The molecule has 1 aliphatic rings. The summed E-state index contributed by atoms with van der Waals surface area (Å²) in [5, 5.41) is 0. The third-order valence-electron chi connectivity index (χ3n) is 4.80. The van der Waals surface area contributed by atoms with Crippen LogP contribution in [0.4, 0.5) is 4.39 Å². The molecule has 4 atom stereocenters. The van der Waals surface area contributed by atoms with Gasteiger partial charge in [-0.05, 0) is 18.6 Å². The molecule has 0 amide bonds. The van der Waals surface area contributed by atoms with E-state index in [9.17, 15) is 19.2 Å². The number of carbonyl (C=O) groups excluding carboxylic acids is 2. The Hall–Kier alpha value is -3.79.